The molecule has 20 heavy (non-hydrogen) atoms. The highest BCUT2D eigenvalue weighted by molar-refractivity contribution is 6.31. The van der Waals surface area contributed by atoms with Crippen molar-refractivity contribution >= 4 is 23.2 Å². The molecule has 0 bridgehead atoms. The van der Waals surface area contributed by atoms with Gasteiger partial charge in [-0.3, -0.25) is 9.69 Å². The van der Waals surface area contributed by atoms with Crippen molar-refractivity contribution in [3.8, 4) is 0 Å². The summed E-state index contributed by atoms with van der Waals surface area (Å²) < 4.78 is 0. The molecule has 1 heterocycles. The molecular formula is C16H25ClN2O. The first kappa shape index (κ1) is 17.0. The van der Waals surface area contributed by atoms with Crippen LogP contribution in [0.25, 0.3) is 0 Å². The number of aryl methyl sites for hydroxylation is 1. The van der Waals surface area contributed by atoms with E-state index in [-0.39, 0.29) is 11.9 Å². The maximum atomic E-state index is 12.4. The Morgan fingerprint density at radius 1 is 1.40 bits per heavy atom. The molecule has 1 aliphatic heterocycles. The van der Waals surface area contributed by atoms with Gasteiger partial charge in [0.15, 0.2) is 0 Å². The van der Waals surface area contributed by atoms with Crippen molar-refractivity contribution in [2.24, 2.45) is 0 Å². The van der Waals surface area contributed by atoms with Gasteiger partial charge in [-0.05, 0) is 57.1 Å². The number of likely N-dealkylation sites (tertiary alicyclic amines) is 1. The van der Waals surface area contributed by atoms with Crippen molar-refractivity contribution in [2.75, 3.05) is 25.5 Å². The van der Waals surface area contributed by atoms with Gasteiger partial charge in [0.1, 0.15) is 0 Å². The average Bonchev–Trinajstić information content (AvgIpc) is 2.88. The van der Waals surface area contributed by atoms with Crippen LogP contribution in [0, 0.1) is 6.92 Å². The maximum Gasteiger partial charge on any atom is 0.244 e. The second-order valence-electron chi connectivity index (χ2n) is 4.97. The smallest absolute Gasteiger partial charge is 0.244 e. The lowest BCUT2D eigenvalue weighted by molar-refractivity contribution is -0.122. The van der Waals surface area contributed by atoms with E-state index in [1.165, 1.54) is 0 Å². The molecule has 1 aliphatic rings. The largest absolute Gasteiger partial charge is 0.314 e. The van der Waals surface area contributed by atoms with Crippen LogP contribution in [0.3, 0.4) is 0 Å². The van der Waals surface area contributed by atoms with E-state index < -0.39 is 0 Å². The van der Waals surface area contributed by atoms with E-state index in [2.05, 4.69) is 4.90 Å². The first-order chi connectivity index (χ1) is 9.50. The summed E-state index contributed by atoms with van der Waals surface area (Å²) in [7, 11) is 3.84. The highest BCUT2D eigenvalue weighted by Gasteiger charge is 2.30. The van der Waals surface area contributed by atoms with Crippen molar-refractivity contribution < 1.29 is 4.79 Å². The molecule has 3 nitrogen and oxygen atoms in total. The van der Waals surface area contributed by atoms with Crippen molar-refractivity contribution in [1.82, 2.24) is 4.90 Å². The minimum absolute atomic E-state index is 0.0194. The summed E-state index contributed by atoms with van der Waals surface area (Å²) in [6, 6.07) is 5.71. The van der Waals surface area contributed by atoms with Crippen molar-refractivity contribution in [1.29, 1.82) is 0 Å². The van der Waals surface area contributed by atoms with Crippen LogP contribution in [-0.2, 0) is 4.79 Å². The Labute approximate surface area is 127 Å². The Balaban J connectivity index is 0.000000956. The molecule has 1 saturated heterocycles. The summed E-state index contributed by atoms with van der Waals surface area (Å²) in [6.07, 6.45) is 2.05. The number of hydrogen-bond acceptors (Lipinski definition) is 2. The summed E-state index contributed by atoms with van der Waals surface area (Å²) in [4.78, 5) is 16.3. The van der Waals surface area contributed by atoms with E-state index in [0.717, 1.165) is 35.7 Å². The predicted octanol–water partition coefficient (Wildman–Crippen LogP) is 3.73. The first-order valence-corrected chi connectivity index (χ1v) is 7.62. The molecule has 4 heteroatoms. The van der Waals surface area contributed by atoms with Gasteiger partial charge >= 0.3 is 0 Å². The Kier molecular flexibility index (Phi) is 6.50. The van der Waals surface area contributed by atoms with Gasteiger partial charge in [0.2, 0.25) is 5.91 Å². The number of carbonyl (C=O) groups excluding carboxylic acids is 1. The zero-order valence-corrected chi connectivity index (χ0v) is 13.9. The van der Waals surface area contributed by atoms with Crippen LogP contribution in [-0.4, -0.2) is 37.5 Å². The molecule has 0 radical (unpaired) electrons. The Morgan fingerprint density at radius 3 is 2.55 bits per heavy atom. The highest BCUT2D eigenvalue weighted by atomic mass is 35.5. The van der Waals surface area contributed by atoms with Crippen LogP contribution in [0.15, 0.2) is 18.2 Å². The minimum atomic E-state index is 0.0194. The average molecular weight is 297 g/mol. The minimum Gasteiger partial charge on any atom is -0.314 e. The number of anilines is 1. The molecule has 1 aromatic rings. The molecule has 1 fully saturated rings. The fraction of sp³-hybridized carbons (Fsp3) is 0.562. The molecule has 0 unspecified atom stereocenters. The zero-order chi connectivity index (χ0) is 15.3. The van der Waals surface area contributed by atoms with Crippen LogP contribution < -0.4 is 4.90 Å². The molecule has 112 valence electrons. The molecule has 1 amide bonds. The number of benzene rings is 1. The number of carbonyl (C=O) groups is 1. The second-order valence-corrected chi connectivity index (χ2v) is 5.38. The van der Waals surface area contributed by atoms with Crippen molar-refractivity contribution in [3.63, 3.8) is 0 Å². The molecular weight excluding hydrogens is 272 g/mol. The second kappa shape index (κ2) is 7.65. The van der Waals surface area contributed by atoms with Gasteiger partial charge in [0, 0.05) is 17.8 Å². The number of rotatable bonds is 2. The topological polar surface area (TPSA) is 23.6 Å². The third-order valence-electron chi connectivity index (χ3n) is 3.66. The zero-order valence-electron chi connectivity index (χ0n) is 13.1. The van der Waals surface area contributed by atoms with Gasteiger partial charge in [-0.2, -0.15) is 0 Å². The molecule has 0 saturated carbocycles. The lowest BCUT2D eigenvalue weighted by Crippen LogP contribution is -2.42. The Hall–Kier alpha value is -1.06. The third-order valence-corrected chi connectivity index (χ3v) is 4.09. The number of hydrogen-bond donors (Lipinski definition) is 0. The number of nitrogens with zero attached hydrogens (tertiary/aromatic N) is 2. The van der Waals surface area contributed by atoms with Crippen LogP contribution in [0.5, 0.6) is 0 Å². The summed E-state index contributed by atoms with van der Waals surface area (Å²) in [5.41, 5.74) is 1.90. The summed E-state index contributed by atoms with van der Waals surface area (Å²) in [6.45, 7) is 6.95. The van der Waals surface area contributed by atoms with Gasteiger partial charge in [-0.15, -0.1) is 0 Å². The summed E-state index contributed by atoms with van der Waals surface area (Å²) in [5, 5.41) is 0.734. The Morgan fingerprint density at radius 2 is 2.05 bits per heavy atom. The van der Waals surface area contributed by atoms with E-state index in [0.29, 0.717) is 0 Å². The monoisotopic (exact) mass is 296 g/mol. The molecule has 0 N–H and O–H groups in total. The molecule has 1 aromatic carbocycles. The number of likely N-dealkylation sites (N-methyl/N-ethyl adjacent to an activating group) is 2. The van der Waals surface area contributed by atoms with E-state index in [9.17, 15) is 4.79 Å². The number of amides is 1. The maximum absolute atomic E-state index is 12.4. The Bertz CT molecular complexity index is 462. The lowest BCUT2D eigenvalue weighted by atomic mass is 10.1. The van der Waals surface area contributed by atoms with E-state index >= 15 is 0 Å². The van der Waals surface area contributed by atoms with Gasteiger partial charge in [0.05, 0.1) is 6.04 Å². The predicted molar refractivity (Wildman–Crippen MR) is 86.6 cm³/mol. The van der Waals surface area contributed by atoms with Crippen molar-refractivity contribution in [3.05, 3.63) is 28.8 Å². The first-order valence-electron chi connectivity index (χ1n) is 7.24. The van der Waals surface area contributed by atoms with Gasteiger partial charge < -0.3 is 4.90 Å². The molecule has 2 rings (SSSR count). The third kappa shape index (κ3) is 3.74. The van der Waals surface area contributed by atoms with E-state index in [1.807, 2.05) is 53.1 Å². The van der Waals surface area contributed by atoms with E-state index in [4.69, 9.17) is 11.6 Å². The highest BCUT2D eigenvalue weighted by Crippen LogP contribution is 2.24. The van der Waals surface area contributed by atoms with Crippen LogP contribution in [0.2, 0.25) is 5.02 Å². The van der Waals surface area contributed by atoms with E-state index in [1.54, 1.807) is 4.90 Å². The fourth-order valence-electron chi connectivity index (χ4n) is 2.41. The fourth-order valence-corrected chi connectivity index (χ4v) is 2.53. The van der Waals surface area contributed by atoms with Crippen LogP contribution >= 0.6 is 11.6 Å². The lowest BCUT2D eigenvalue weighted by Gasteiger charge is -2.25. The standard InChI is InChI=1S/C14H19ClN2O.C2H6/c1-10-9-11(6-7-12(10)15)17(3)14(18)13-5-4-8-16(13)2;1-2/h6-7,9,13H,4-5,8H2,1-3H3;1-2H3/t13-;/m1./s1. The van der Waals surface area contributed by atoms with Gasteiger partial charge in [-0.1, -0.05) is 25.4 Å². The number of halogens is 1. The quantitative estimate of drug-likeness (QED) is 0.830. The summed E-state index contributed by atoms with van der Waals surface area (Å²) in [5.74, 6) is 0.164. The molecule has 1 atom stereocenters. The van der Waals surface area contributed by atoms with Crippen LogP contribution in [0.1, 0.15) is 32.3 Å². The van der Waals surface area contributed by atoms with Crippen molar-refractivity contribution in [2.45, 2.75) is 39.7 Å². The molecule has 0 aliphatic carbocycles. The van der Waals surface area contributed by atoms with Gasteiger partial charge in [-0.25, -0.2) is 0 Å². The SMILES string of the molecule is CC.Cc1cc(N(C)C(=O)[C@H]2CCCN2C)ccc1Cl. The van der Waals surface area contributed by atoms with Crippen LogP contribution in [0.4, 0.5) is 5.69 Å². The molecule has 0 aromatic heterocycles. The van der Waals surface area contributed by atoms with Gasteiger partial charge in [0.25, 0.3) is 0 Å². The molecule has 0 spiro atoms. The summed E-state index contributed by atoms with van der Waals surface area (Å²) >= 11 is 6.00. The normalized spacial score (nSPS) is 18.4.